The Hall–Kier alpha value is -0.840. The number of piperazine rings is 1. The fraction of sp³-hybridized carbons (Fsp3) is 0.571. The van der Waals surface area contributed by atoms with Gasteiger partial charge in [0.15, 0.2) is 5.96 Å². The van der Waals surface area contributed by atoms with Crippen LogP contribution in [0, 0.1) is 5.92 Å². The second kappa shape index (κ2) is 11.0. The topological polar surface area (TPSA) is 34.1 Å². The molecule has 0 bridgehead atoms. The molecule has 0 aliphatic carbocycles. The molecular weight excluding hydrogens is 513 g/mol. The zero-order valence-electron chi connectivity index (χ0n) is 17.3. The van der Waals surface area contributed by atoms with E-state index in [4.69, 9.17) is 0 Å². The van der Waals surface area contributed by atoms with Crippen LogP contribution >= 0.6 is 46.7 Å². The van der Waals surface area contributed by atoms with Gasteiger partial charge in [0.1, 0.15) is 0 Å². The molecule has 2 atom stereocenters. The summed E-state index contributed by atoms with van der Waals surface area (Å²) in [6.07, 6.45) is 2.56. The Morgan fingerprint density at radius 2 is 1.86 bits per heavy atom. The van der Waals surface area contributed by atoms with Crippen molar-refractivity contribution in [3.63, 3.8) is 0 Å². The lowest BCUT2D eigenvalue weighted by Crippen LogP contribution is -2.53. The maximum Gasteiger partial charge on any atom is 0.193 e. The number of anilines is 1. The van der Waals surface area contributed by atoms with Gasteiger partial charge < -0.3 is 15.1 Å². The molecule has 2 aliphatic heterocycles. The number of halogens is 1. The van der Waals surface area contributed by atoms with Crippen molar-refractivity contribution in [3.05, 3.63) is 39.9 Å². The van der Waals surface area contributed by atoms with Crippen molar-refractivity contribution < 1.29 is 0 Å². The molecule has 0 aromatic carbocycles. The number of guanidine groups is 1. The summed E-state index contributed by atoms with van der Waals surface area (Å²) in [5.41, 5.74) is 0. The van der Waals surface area contributed by atoms with Gasteiger partial charge in [-0.15, -0.1) is 46.7 Å². The molecule has 1 N–H and O–H groups in total. The van der Waals surface area contributed by atoms with Gasteiger partial charge in [0, 0.05) is 50.7 Å². The van der Waals surface area contributed by atoms with Gasteiger partial charge >= 0.3 is 0 Å². The second-order valence-corrected chi connectivity index (χ2v) is 9.60. The Bertz CT molecular complexity index is 741. The Morgan fingerprint density at radius 1 is 1.10 bits per heavy atom. The van der Waals surface area contributed by atoms with Gasteiger partial charge in [-0.2, -0.15) is 0 Å². The summed E-state index contributed by atoms with van der Waals surface area (Å²) in [6.45, 7) is 6.35. The molecule has 29 heavy (non-hydrogen) atoms. The summed E-state index contributed by atoms with van der Waals surface area (Å²) in [7, 11) is 4.19. The number of rotatable bonds is 4. The SMILES string of the molecule is CN=C(NCC1CCCN(C)C1c1cccs1)N1CCN(c2cccs2)CC1.I. The van der Waals surface area contributed by atoms with Gasteiger partial charge in [-0.25, -0.2) is 0 Å². The monoisotopic (exact) mass is 545 g/mol. The van der Waals surface area contributed by atoms with Gasteiger partial charge in [-0.1, -0.05) is 6.07 Å². The summed E-state index contributed by atoms with van der Waals surface area (Å²) in [6, 6.07) is 9.35. The molecule has 4 rings (SSSR count). The number of likely N-dealkylation sites (tertiary alicyclic amines) is 1. The molecule has 0 saturated carbocycles. The summed E-state index contributed by atoms with van der Waals surface area (Å²) in [4.78, 5) is 13.5. The first-order valence-electron chi connectivity index (χ1n) is 10.2. The maximum absolute atomic E-state index is 4.60. The van der Waals surface area contributed by atoms with Crippen LogP contribution < -0.4 is 10.2 Å². The Labute approximate surface area is 199 Å². The lowest BCUT2D eigenvalue weighted by atomic mass is 9.88. The number of hydrogen-bond donors (Lipinski definition) is 1. The normalized spacial score (nSPS) is 23.7. The number of thiophene rings is 2. The van der Waals surface area contributed by atoms with Crippen LogP contribution in [0.5, 0.6) is 0 Å². The molecule has 4 heterocycles. The minimum absolute atomic E-state index is 0. The molecule has 0 amide bonds. The number of nitrogens with one attached hydrogen (secondary N) is 1. The van der Waals surface area contributed by atoms with Crippen LogP contribution in [-0.2, 0) is 0 Å². The van der Waals surface area contributed by atoms with Crippen LogP contribution in [-0.4, -0.2) is 69.1 Å². The van der Waals surface area contributed by atoms with E-state index in [1.54, 1.807) is 0 Å². The van der Waals surface area contributed by atoms with Crippen LogP contribution in [0.25, 0.3) is 0 Å². The quantitative estimate of drug-likeness (QED) is 0.355. The van der Waals surface area contributed by atoms with Gasteiger partial charge in [0.05, 0.1) is 5.00 Å². The third kappa shape index (κ3) is 5.45. The van der Waals surface area contributed by atoms with Crippen molar-refractivity contribution in [3.8, 4) is 0 Å². The molecule has 160 valence electrons. The molecule has 2 aromatic heterocycles. The standard InChI is InChI=1S/C21H31N5S2.HI/c1-22-21(26-12-10-25(11-13-26)19-8-5-15-28-19)23-16-17-6-3-9-24(2)20(17)18-7-4-14-27-18;/h4-5,7-8,14-15,17,20H,3,6,9-13,16H2,1-2H3,(H,22,23);1H. The van der Waals surface area contributed by atoms with Crippen molar-refractivity contribution in [1.29, 1.82) is 0 Å². The first-order valence-corrected chi connectivity index (χ1v) is 12.0. The Kier molecular flexibility index (Phi) is 8.64. The van der Waals surface area contributed by atoms with E-state index in [0.717, 1.165) is 38.7 Å². The first-order chi connectivity index (χ1) is 13.8. The smallest absolute Gasteiger partial charge is 0.193 e. The summed E-state index contributed by atoms with van der Waals surface area (Å²) >= 11 is 3.72. The molecule has 2 unspecified atom stereocenters. The van der Waals surface area contributed by atoms with Crippen LogP contribution in [0.3, 0.4) is 0 Å². The highest BCUT2D eigenvalue weighted by Gasteiger charge is 2.31. The third-order valence-electron chi connectivity index (χ3n) is 5.97. The summed E-state index contributed by atoms with van der Waals surface area (Å²) in [5, 5.41) is 9.45. The van der Waals surface area contributed by atoms with E-state index < -0.39 is 0 Å². The summed E-state index contributed by atoms with van der Waals surface area (Å²) < 4.78 is 0. The Balaban J connectivity index is 0.00000240. The highest BCUT2D eigenvalue weighted by Crippen LogP contribution is 2.36. The van der Waals surface area contributed by atoms with E-state index >= 15 is 0 Å². The largest absolute Gasteiger partial charge is 0.360 e. The van der Waals surface area contributed by atoms with Crippen molar-refractivity contribution in [2.45, 2.75) is 18.9 Å². The lowest BCUT2D eigenvalue weighted by Gasteiger charge is -2.40. The maximum atomic E-state index is 4.60. The van der Waals surface area contributed by atoms with Crippen molar-refractivity contribution in [2.75, 3.05) is 58.3 Å². The molecule has 2 fully saturated rings. The van der Waals surface area contributed by atoms with Crippen molar-refractivity contribution >= 4 is 57.6 Å². The molecule has 2 aromatic rings. The van der Waals surface area contributed by atoms with Gasteiger partial charge in [-0.3, -0.25) is 9.89 Å². The molecule has 5 nitrogen and oxygen atoms in total. The van der Waals surface area contributed by atoms with Gasteiger partial charge in [0.2, 0.25) is 0 Å². The van der Waals surface area contributed by atoms with E-state index in [2.05, 4.69) is 67.1 Å². The molecule has 2 aliphatic rings. The van der Waals surface area contributed by atoms with Crippen molar-refractivity contribution in [2.24, 2.45) is 10.9 Å². The highest BCUT2D eigenvalue weighted by molar-refractivity contribution is 14.0. The Morgan fingerprint density at radius 3 is 2.52 bits per heavy atom. The zero-order chi connectivity index (χ0) is 19.3. The van der Waals surface area contributed by atoms with Crippen molar-refractivity contribution in [1.82, 2.24) is 15.1 Å². The fourth-order valence-electron chi connectivity index (χ4n) is 4.53. The van der Waals surface area contributed by atoms with E-state index in [1.165, 1.54) is 29.3 Å². The molecule has 0 radical (unpaired) electrons. The first kappa shape index (κ1) is 22.8. The predicted octanol–water partition coefficient (Wildman–Crippen LogP) is 4.21. The fourth-order valence-corrected chi connectivity index (χ4v) is 6.29. The lowest BCUT2D eigenvalue weighted by molar-refractivity contribution is 0.124. The van der Waals surface area contributed by atoms with Crippen LogP contribution in [0.15, 0.2) is 40.0 Å². The van der Waals surface area contributed by atoms with Gasteiger partial charge in [-0.05, 0) is 61.3 Å². The number of hydrogen-bond acceptors (Lipinski definition) is 5. The third-order valence-corrected chi connectivity index (χ3v) is 7.84. The number of aliphatic imine (C=N–C) groups is 1. The molecule has 0 spiro atoms. The minimum atomic E-state index is 0. The van der Waals surface area contributed by atoms with E-state index in [1.807, 2.05) is 29.7 Å². The molecule has 2 saturated heterocycles. The van der Waals surface area contributed by atoms with Crippen LogP contribution in [0.1, 0.15) is 23.8 Å². The highest BCUT2D eigenvalue weighted by atomic mass is 127. The second-order valence-electron chi connectivity index (χ2n) is 7.70. The van der Waals surface area contributed by atoms with Crippen LogP contribution in [0.4, 0.5) is 5.00 Å². The molecular formula is C21H32IN5S2. The van der Waals surface area contributed by atoms with Gasteiger partial charge in [0.25, 0.3) is 0 Å². The average Bonchev–Trinajstić information content (AvgIpc) is 3.43. The zero-order valence-corrected chi connectivity index (χ0v) is 21.3. The average molecular weight is 546 g/mol. The summed E-state index contributed by atoms with van der Waals surface area (Å²) in [5.74, 6) is 1.69. The minimum Gasteiger partial charge on any atom is -0.360 e. The van der Waals surface area contributed by atoms with E-state index in [0.29, 0.717) is 12.0 Å². The molecule has 8 heteroatoms. The van der Waals surface area contributed by atoms with E-state index in [9.17, 15) is 0 Å². The van der Waals surface area contributed by atoms with E-state index in [-0.39, 0.29) is 24.0 Å². The van der Waals surface area contributed by atoms with Crippen LogP contribution in [0.2, 0.25) is 0 Å². The number of nitrogens with zero attached hydrogens (tertiary/aromatic N) is 4. The number of piperidine rings is 1. The predicted molar refractivity (Wildman–Crippen MR) is 137 cm³/mol.